The number of carbonyl (C=O) groups is 1. The quantitative estimate of drug-likeness (QED) is 0.785. The van der Waals surface area contributed by atoms with E-state index in [4.69, 9.17) is 0 Å². The Labute approximate surface area is 146 Å². The minimum atomic E-state index is 0.144. The third-order valence-corrected chi connectivity index (χ3v) is 5.22. The van der Waals surface area contributed by atoms with Crippen molar-refractivity contribution < 1.29 is 4.79 Å². The molecule has 1 saturated heterocycles. The number of carbonyl (C=O) groups excluding carboxylic acids is 1. The first-order valence-electron chi connectivity index (χ1n) is 8.27. The second-order valence-corrected chi connectivity index (χ2v) is 7.06. The molecular formula is C17H23N5OS. The van der Waals surface area contributed by atoms with Crippen LogP contribution in [0.25, 0.3) is 0 Å². The molecule has 3 rings (SSSR count). The van der Waals surface area contributed by atoms with E-state index >= 15 is 0 Å². The van der Waals surface area contributed by atoms with Gasteiger partial charge in [0.05, 0.1) is 0 Å². The molecule has 1 unspecified atom stereocenters. The highest BCUT2D eigenvalue weighted by Crippen LogP contribution is 2.21. The number of piperidine rings is 1. The van der Waals surface area contributed by atoms with E-state index in [0.717, 1.165) is 42.5 Å². The van der Waals surface area contributed by atoms with Crippen LogP contribution in [0.1, 0.15) is 28.8 Å². The number of rotatable bonds is 6. The van der Waals surface area contributed by atoms with E-state index < -0.39 is 0 Å². The van der Waals surface area contributed by atoms with E-state index in [1.807, 2.05) is 36.2 Å². The van der Waals surface area contributed by atoms with Crippen molar-refractivity contribution in [1.29, 1.82) is 0 Å². The first kappa shape index (κ1) is 17.0. The summed E-state index contributed by atoms with van der Waals surface area (Å²) in [4.78, 5) is 18.8. The highest BCUT2D eigenvalue weighted by atomic mass is 32.2. The second-order valence-electron chi connectivity index (χ2n) is 6.09. The first-order chi connectivity index (χ1) is 11.8. The second kappa shape index (κ2) is 8.30. The van der Waals surface area contributed by atoms with Crippen molar-refractivity contribution in [2.24, 2.45) is 5.92 Å². The van der Waals surface area contributed by atoms with Gasteiger partial charge in [-0.25, -0.2) is 4.98 Å². The lowest BCUT2D eigenvalue weighted by atomic mass is 9.97. The fraction of sp³-hybridized carbons (Fsp3) is 0.471. The summed E-state index contributed by atoms with van der Waals surface area (Å²) in [5.74, 6) is 1.51. The van der Waals surface area contributed by atoms with Crippen LogP contribution in [0.4, 0.5) is 0 Å². The summed E-state index contributed by atoms with van der Waals surface area (Å²) in [5.41, 5.74) is 1.94. The highest BCUT2D eigenvalue weighted by molar-refractivity contribution is 7.98. The van der Waals surface area contributed by atoms with Crippen LogP contribution in [0.15, 0.2) is 35.7 Å². The molecule has 1 atom stereocenters. The molecule has 1 fully saturated rings. The van der Waals surface area contributed by atoms with Gasteiger partial charge in [0.25, 0.3) is 5.91 Å². The SMILES string of the molecule is CNCC1CCCN(C(=O)c2ccc(CSc3ncn[nH]3)cc2)C1. The number of aromatic nitrogens is 3. The molecule has 1 aromatic heterocycles. The molecule has 0 saturated carbocycles. The molecule has 2 heterocycles. The smallest absolute Gasteiger partial charge is 0.253 e. The number of hydrogen-bond donors (Lipinski definition) is 2. The van der Waals surface area contributed by atoms with E-state index in [9.17, 15) is 4.79 Å². The minimum absolute atomic E-state index is 0.144. The van der Waals surface area contributed by atoms with Gasteiger partial charge < -0.3 is 10.2 Å². The van der Waals surface area contributed by atoms with Crippen LogP contribution >= 0.6 is 11.8 Å². The summed E-state index contributed by atoms with van der Waals surface area (Å²) in [6.07, 6.45) is 3.79. The van der Waals surface area contributed by atoms with Crippen LogP contribution in [0, 0.1) is 5.92 Å². The first-order valence-corrected chi connectivity index (χ1v) is 9.26. The van der Waals surface area contributed by atoms with Gasteiger partial charge in [-0.2, -0.15) is 5.10 Å². The lowest BCUT2D eigenvalue weighted by Gasteiger charge is -2.32. The zero-order valence-electron chi connectivity index (χ0n) is 13.9. The highest BCUT2D eigenvalue weighted by Gasteiger charge is 2.23. The summed E-state index contributed by atoms with van der Waals surface area (Å²) in [7, 11) is 1.97. The Bertz CT molecular complexity index is 642. The van der Waals surface area contributed by atoms with Crippen molar-refractivity contribution >= 4 is 17.7 Å². The number of likely N-dealkylation sites (tertiary alicyclic amines) is 1. The van der Waals surface area contributed by atoms with Crippen LogP contribution < -0.4 is 5.32 Å². The molecule has 24 heavy (non-hydrogen) atoms. The van der Waals surface area contributed by atoms with E-state index in [2.05, 4.69) is 20.5 Å². The monoisotopic (exact) mass is 345 g/mol. The predicted molar refractivity (Wildman–Crippen MR) is 94.9 cm³/mol. The van der Waals surface area contributed by atoms with Crippen LogP contribution in [-0.2, 0) is 5.75 Å². The summed E-state index contributed by atoms with van der Waals surface area (Å²) in [6, 6.07) is 7.90. The maximum absolute atomic E-state index is 12.7. The summed E-state index contributed by atoms with van der Waals surface area (Å²) < 4.78 is 0. The van der Waals surface area contributed by atoms with Crippen molar-refractivity contribution in [3.63, 3.8) is 0 Å². The van der Waals surface area contributed by atoms with Crippen molar-refractivity contribution in [3.05, 3.63) is 41.7 Å². The van der Waals surface area contributed by atoms with Crippen molar-refractivity contribution in [1.82, 2.24) is 25.4 Å². The summed E-state index contributed by atoms with van der Waals surface area (Å²) in [6.45, 7) is 2.69. The third-order valence-electron chi connectivity index (χ3n) is 4.27. The molecule has 0 bridgehead atoms. The Hall–Kier alpha value is -1.86. The van der Waals surface area contributed by atoms with Gasteiger partial charge in [-0.3, -0.25) is 9.89 Å². The number of nitrogens with zero attached hydrogens (tertiary/aromatic N) is 3. The van der Waals surface area contributed by atoms with Crippen LogP contribution in [-0.4, -0.2) is 52.7 Å². The third kappa shape index (κ3) is 4.36. The Balaban J connectivity index is 1.57. The van der Waals surface area contributed by atoms with Crippen molar-refractivity contribution in [2.75, 3.05) is 26.7 Å². The Morgan fingerprint density at radius 2 is 2.25 bits per heavy atom. The number of H-pyrrole nitrogens is 1. The molecule has 1 aromatic carbocycles. The van der Waals surface area contributed by atoms with Crippen molar-refractivity contribution in [3.8, 4) is 0 Å². The van der Waals surface area contributed by atoms with Crippen LogP contribution in [0.2, 0.25) is 0 Å². The van der Waals surface area contributed by atoms with Gasteiger partial charge in [0.2, 0.25) is 0 Å². The van der Waals surface area contributed by atoms with Gasteiger partial charge in [0.1, 0.15) is 6.33 Å². The largest absolute Gasteiger partial charge is 0.338 e. The van der Waals surface area contributed by atoms with Gasteiger partial charge in [0.15, 0.2) is 5.16 Å². The maximum Gasteiger partial charge on any atom is 0.253 e. The molecule has 1 aliphatic heterocycles. The number of hydrogen-bond acceptors (Lipinski definition) is 5. The molecule has 1 aliphatic rings. The van der Waals surface area contributed by atoms with Gasteiger partial charge in [-0.05, 0) is 50.0 Å². The number of nitrogens with one attached hydrogen (secondary N) is 2. The van der Waals surface area contributed by atoms with Gasteiger partial charge in [-0.15, -0.1) is 0 Å². The van der Waals surface area contributed by atoms with Crippen LogP contribution in [0.5, 0.6) is 0 Å². The van der Waals surface area contributed by atoms with Gasteiger partial charge in [-0.1, -0.05) is 23.9 Å². The van der Waals surface area contributed by atoms with Crippen LogP contribution in [0.3, 0.4) is 0 Å². The lowest BCUT2D eigenvalue weighted by molar-refractivity contribution is 0.0674. The molecule has 0 radical (unpaired) electrons. The normalized spacial score (nSPS) is 17.9. The number of benzene rings is 1. The fourth-order valence-electron chi connectivity index (χ4n) is 3.05. The number of aromatic amines is 1. The van der Waals surface area contributed by atoms with E-state index in [0.29, 0.717) is 5.92 Å². The number of thioether (sulfide) groups is 1. The zero-order chi connectivity index (χ0) is 16.8. The Morgan fingerprint density at radius 1 is 1.42 bits per heavy atom. The predicted octanol–water partition coefficient (Wildman–Crippen LogP) is 2.17. The molecular weight excluding hydrogens is 322 g/mol. The molecule has 0 spiro atoms. The van der Waals surface area contributed by atoms with Gasteiger partial charge in [0, 0.05) is 24.4 Å². The molecule has 2 N–H and O–H groups in total. The summed E-state index contributed by atoms with van der Waals surface area (Å²) in [5, 5.41) is 10.7. The molecule has 1 amide bonds. The van der Waals surface area contributed by atoms with Crippen molar-refractivity contribution in [2.45, 2.75) is 23.8 Å². The van der Waals surface area contributed by atoms with Gasteiger partial charge >= 0.3 is 0 Å². The zero-order valence-corrected chi connectivity index (χ0v) is 14.7. The molecule has 0 aliphatic carbocycles. The maximum atomic E-state index is 12.7. The molecule has 6 nitrogen and oxygen atoms in total. The Kier molecular flexibility index (Phi) is 5.87. The van der Waals surface area contributed by atoms with E-state index in [1.54, 1.807) is 11.8 Å². The molecule has 2 aromatic rings. The Morgan fingerprint density at radius 3 is 2.96 bits per heavy atom. The van der Waals surface area contributed by atoms with E-state index in [-0.39, 0.29) is 5.91 Å². The molecule has 7 heteroatoms. The average Bonchev–Trinajstić information content (AvgIpc) is 3.14. The standard InChI is InChI=1S/C17H23N5OS/c1-18-9-14-3-2-8-22(10-14)16(23)15-6-4-13(5-7-15)11-24-17-19-12-20-21-17/h4-7,12,14,18H,2-3,8-11H2,1H3,(H,19,20,21). The van der Waals surface area contributed by atoms with E-state index in [1.165, 1.54) is 18.3 Å². The fourth-order valence-corrected chi connectivity index (χ4v) is 3.78. The summed E-state index contributed by atoms with van der Waals surface area (Å²) >= 11 is 1.60. The lowest BCUT2D eigenvalue weighted by Crippen LogP contribution is -2.42. The average molecular weight is 345 g/mol. The molecule has 128 valence electrons. The minimum Gasteiger partial charge on any atom is -0.338 e. The number of amides is 1. The topological polar surface area (TPSA) is 73.9 Å².